The first-order chi connectivity index (χ1) is 5.24. The first kappa shape index (κ1) is 3.52. The van der Waals surface area contributed by atoms with Crippen LogP contribution in [0.3, 0.4) is 0 Å². The molecule has 1 aromatic carbocycles. The molecular weight excluding hydrogens is 112 g/mol. The number of rotatable bonds is 1. The molecule has 0 saturated carbocycles. The molecule has 0 aliphatic rings. The Hall–Kier alpha value is -1.49. The number of nitrogen functional groups attached to an aromatic ring is 1. The average molecular weight is 120 g/mol. The maximum absolute atomic E-state index is 8.45. The highest BCUT2D eigenvalue weighted by Crippen LogP contribution is 2.03. The highest BCUT2D eigenvalue weighted by atomic mass is 14.5. The Morgan fingerprint density at radius 3 is 3.22 bits per heavy atom. The minimum Gasteiger partial charge on any atom is -0.399 e. The lowest BCUT2D eigenvalue weighted by Gasteiger charge is -1.89. The van der Waals surface area contributed by atoms with Crippen LogP contribution < -0.4 is 5.72 Å². The van der Waals surface area contributed by atoms with Crippen LogP contribution in [-0.2, 0) is 0 Å². The van der Waals surface area contributed by atoms with Crippen molar-refractivity contribution in [2.24, 2.45) is 0 Å². The number of hydrogen-bond donors (Lipinski definition) is 1. The zero-order valence-electron chi connectivity index (χ0n) is 6.70. The van der Waals surface area contributed by atoms with Gasteiger partial charge in [0.05, 0.1) is 11.6 Å². The lowest BCUT2D eigenvalue weighted by atomic mass is 10.2. The molecule has 0 amide bonds. The van der Waals surface area contributed by atoms with Gasteiger partial charge in [-0.2, -0.15) is 5.26 Å². The molecule has 1 aromatic rings. The fourth-order valence-corrected chi connectivity index (χ4v) is 0.575. The van der Waals surface area contributed by atoms with Crippen LogP contribution in [0.2, 0.25) is 2.82 Å². The zero-order valence-corrected chi connectivity index (χ0v) is 4.70. The Morgan fingerprint density at radius 1 is 1.67 bits per heavy atom. The summed E-state index contributed by atoms with van der Waals surface area (Å²) in [5.74, 6) is 0. The van der Waals surface area contributed by atoms with Crippen molar-refractivity contribution in [3.8, 4) is 6.07 Å². The number of nitriles is 1. The summed E-state index contributed by atoms with van der Waals surface area (Å²) in [5.41, 5.74) is 1.33. The van der Waals surface area contributed by atoms with Crippen LogP contribution in [0.5, 0.6) is 0 Å². The monoisotopic (exact) mass is 120 g/mol. The Bertz CT molecular complexity index is 291. The molecule has 0 spiro atoms. The van der Waals surface area contributed by atoms with Gasteiger partial charge in [0.2, 0.25) is 0 Å². The van der Waals surface area contributed by atoms with Crippen molar-refractivity contribution in [3.63, 3.8) is 0 Å². The van der Waals surface area contributed by atoms with Gasteiger partial charge in [0.15, 0.2) is 2.82 Å². The second-order valence-electron chi connectivity index (χ2n) is 1.66. The fraction of sp³-hybridized carbons (Fsp3) is 0. The molecule has 44 valence electrons. The van der Waals surface area contributed by atoms with Crippen LogP contribution in [0.15, 0.2) is 24.3 Å². The van der Waals surface area contributed by atoms with Crippen molar-refractivity contribution in [1.29, 1.82) is 5.26 Å². The molecule has 0 heterocycles. The molecule has 0 saturated heterocycles. The predicted octanol–water partition coefficient (Wildman–Crippen LogP) is 1.14. The molecule has 0 aliphatic carbocycles. The number of anilines is 1. The highest BCUT2D eigenvalue weighted by molar-refractivity contribution is 5.44. The molecule has 0 aromatic heterocycles. The Kier molecular flexibility index (Phi) is 0.855. The smallest absolute Gasteiger partial charge is 0.156 e. The van der Waals surface area contributed by atoms with Gasteiger partial charge in [-0.15, -0.1) is 0 Å². The van der Waals surface area contributed by atoms with Crippen molar-refractivity contribution in [2.45, 2.75) is 0 Å². The summed E-state index contributed by atoms with van der Waals surface area (Å²) in [7, 11) is 0. The van der Waals surface area contributed by atoms with E-state index in [4.69, 9.17) is 8.09 Å². The molecular formula is C7H6N2. The van der Waals surface area contributed by atoms with Gasteiger partial charge in [0.25, 0.3) is 0 Å². The Morgan fingerprint density at radius 2 is 2.56 bits per heavy atom. The lowest BCUT2D eigenvalue weighted by Crippen LogP contribution is -1.83. The Balaban J connectivity index is 3.03. The van der Waals surface area contributed by atoms with Crippen molar-refractivity contribution in [3.05, 3.63) is 29.8 Å². The molecule has 0 fully saturated rings. The van der Waals surface area contributed by atoms with Gasteiger partial charge in [0, 0.05) is 5.69 Å². The number of nitrogens with zero attached hydrogens (tertiary/aromatic N) is 1. The number of hydrogen-bond acceptors (Lipinski definition) is 2. The van der Waals surface area contributed by atoms with Gasteiger partial charge in [0.1, 0.15) is 0 Å². The fourth-order valence-electron chi connectivity index (χ4n) is 0.575. The van der Waals surface area contributed by atoms with Crippen LogP contribution in [-0.4, -0.2) is 0 Å². The van der Waals surface area contributed by atoms with Gasteiger partial charge in [-0.3, -0.25) is 0 Å². The number of nitrogens with two attached hydrogens (primary N) is 1. The van der Waals surface area contributed by atoms with Crippen molar-refractivity contribution in [2.75, 3.05) is 5.72 Å². The molecule has 2 N–H and O–H groups in total. The van der Waals surface area contributed by atoms with Gasteiger partial charge < -0.3 is 5.72 Å². The maximum atomic E-state index is 8.45. The van der Waals surface area contributed by atoms with Crippen LogP contribution in [0.25, 0.3) is 0 Å². The molecule has 0 radical (unpaired) electrons. The van der Waals surface area contributed by atoms with E-state index in [9.17, 15) is 0 Å². The van der Waals surface area contributed by atoms with Crippen molar-refractivity contribution in [1.82, 2.24) is 0 Å². The van der Waals surface area contributed by atoms with E-state index in [2.05, 4.69) is 0 Å². The first-order valence-electron chi connectivity index (χ1n) is 3.41. The summed E-state index contributed by atoms with van der Waals surface area (Å²) in [4.78, 5) is 0. The van der Waals surface area contributed by atoms with Gasteiger partial charge in [-0.25, -0.2) is 0 Å². The highest BCUT2D eigenvalue weighted by Gasteiger charge is 1.86. The topological polar surface area (TPSA) is 49.8 Å². The van der Waals surface area contributed by atoms with E-state index in [1.165, 1.54) is 6.07 Å². The van der Waals surface area contributed by atoms with Crippen LogP contribution in [0, 0.1) is 11.3 Å². The summed E-state index contributed by atoms with van der Waals surface area (Å²) >= 11 is 0. The third kappa shape index (κ3) is 1.20. The molecule has 1 rings (SSSR count). The minimum atomic E-state index is 0.393. The minimum absolute atomic E-state index is 0.393. The summed E-state index contributed by atoms with van der Waals surface area (Å²) in [5, 5.41) is 8.45. The molecule has 0 bridgehead atoms. The largest absolute Gasteiger partial charge is 0.399 e. The van der Waals surface area contributed by atoms with Crippen molar-refractivity contribution < 1.29 is 2.82 Å². The van der Waals surface area contributed by atoms with Gasteiger partial charge in [-0.1, -0.05) is 6.07 Å². The van der Waals surface area contributed by atoms with E-state index in [0.717, 1.165) is 0 Å². The molecule has 9 heavy (non-hydrogen) atoms. The quantitative estimate of drug-likeness (QED) is 0.565. The molecule has 0 unspecified atom stereocenters. The summed E-state index contributed by atoms with van der Waals surface area (Å²) in [6.45, 7) is 0. The van der Waals surface area contributed by atoms with Crippen LogP contribution in [0.4, 0.5) is 5.69 Å². The van der Waals surface area contributed by atoms with E-state index in [0.29, 0.717) is 17.0 Å². The summed E-state index contributed by atoms with van der Waals surface area (Å²) < 4.78 is 13.8. The Labute approximate surface area is 56.5 Å². The summed E-state index contributed by atoms with van der Waals surface area (Å²) in [6, 6.07) is 8.29. The normalized spacial score (nSPS) is 11.0. The third-order valence-corrected chi connectivity index (χ3v) is 0.975. The maximum Gasteiger partial charge on any atom is 0.156 e. The van der Waals surface area contributed by atoms with Gasteiger partial charge >= 0.3 is 0 Å². The molecule has 0 atom stereocenters. The van der Waals surface area contributed by atoms with Crippen molar-refractivity contribution >= 4 is 5.69 Å². The van der Waals surface area contributed by atoms with Gasteiger partial charge in [-0.05, 0) is 18.2 Å². The van der Waals surface area contributed by atoms with E-state index in [1.54, 1.807) is 18.2 Å². The lowest BCUT2D eigenvalue weighted by molar-refractivity contribution is 1.48. The van der Waals surface area contributed by atoms with E-state index < -0.39 is 0 Å². The standard InChI is InChI=1S/C7H6N2/c8-5-6-2-1-3-7(9)4-6/h1-4H,9H2/i/hD2. The SMILES string of the molecule is [2H]N([2H])c1cccc(C#N)c1. The van der Waals surface area contributed by atoms with E-state index in [1.807, 2.05) is 6.07 Å². The second-order valence-corrected chi connectivity index (χ2v) is 1.66. The van der Waals surface area contributed by atoms with E-state index >= 15 is 0 Å². The second kappa shape index (κ2) is 2.19. The van der Waals surface area contributed by atoms with E-state index in [-0.39, 0.29) is 0 Å². The zero-order chi connectivity index (χ0) is 8.27. The summed E-state index contributed by atoms with van der Waals surface area (Å²) in [6.07, 6.45) is 0. The third-order valence-electron chi connectivity index (χ3n) is 0.975. The van der Waals surface area contributed by atoms with Crippen LogP contribution in [0.1, 0.15) is 5.56 Å². The molecule has 2 nitrogen and oxygen atoms in total. The average Bonchev–Trinajstić information content (AvgIpc) is 2.05. The van der Waals surface area contributed by atoms with Crippen LogP contribution >= 0.6 is 0 Å². The molecule has 2 heteroatoms. The molecule has 0 aliphatic heterocycles. The first-order valence-corrected chi connectivity index (χ1v) is 2.52. The predicted molar refractivity (Wildman–Crippen MR) is 35.6 cm³/mol. The number of benzene rings is 1.